The van der Waals surface area contributed by atoms with Crippen LogP contribution in [0.1, 0.15) is 30.8 Å². The second-order valence-electron chi connectivity index (χ2n) is 7.61. The second kappa shape index (κ2) is 8.79. The summed E-state index contributed by atoms with van der Waals surface area (Å²) in [7, 11) is 0. The molecule has 3 unspecified atom stereocenters. The number of nitrogens with zero attached hydrogens (tertiary/aromatic N) is 3. The van der Waals surface area contributed by atoms with Crippen LogP contribution in [0.15, 0.2) is 16.0 Å². The smallest absolute Gasteiger partial charge is 0.543 e. The van der Waals surface area contributed by atoms with Gasteiger partial charge in [-0.1, -0.05) is 6.92 Å². The van der Waals surface area contributed by atoms with Gasteiger partial charge in [-0.15, -0.1) is 23.1 Å². The number of thioether (sulfide) groups is 1. The summed E-state index contributed by atoms with van der Waals surface area (Å²) in [6, 6.07) is -0.340. The maximum atomic E-state index is 12.4. The molecule has 2 saturated heterocycles. The molecule has 30 heavy (non-hydrogen) atoms. The van der Waals surface area contributed by atoms with E-state index in [0.29, 0.717) is 16.6 Å². The normalized spacial score (nSPS) is 28.8. The summed E-state index contributed by atoms with van der Waals surface area (Å²) in [4.78, 5) is 43.7. The Hall–Kier alpha value is -1.11. The average Bonchev–Trinajstić information content (AvgIpc) is 3.33. The zero-order chi connectivity index (χ0) is 21.0. The van der Waals surface area contributed by atoms with Crippen LogP contribution in [0, 0.1) is 11.8 Å². The summed E-state index contributed by atoms with van der Waals surface area (Å²) in [5.74, 6) is -3.05. The van der Waals surface area contributed by atoms with E-state index in [0.717, 1.165) is 13.0 Å². The standard InChI is InChI=1S/C18H22N4O5S2.Na/c1-7-12-11(8(2)23)16(25)22(12)13(17(26)27)14(7)29-9-3-4-21(5-9)18-20-10(6-28-18)15(19)24;/h6-9,11-12,23H,3-5H2,1-2H3,(H2,19,24)(H,26,27);/q;+1/p-1/t7-,8?,9+,11?,12?;/m1./s1. The minimum atomic E-state index is -1.36. The molecule has 4 rings (SSSR count). The second-order valence-corrected chi connectivity index (χ2v) is 9.79. The molecule has 3 N–H and O–H groups in total. The first-order valence-electron chi connectivity index (χ1n) is 9.34. The quantitative estimate of drug-likeness (QED) is 0.328. The Bertz CT molecular complexity index is 920. The summed E-state index contributed by atoms with van der Waals surface area (Å²) in [5.41, 5.74) is 5.44. The van der Waals surface area contributed by atoms with Crippen LogP contribution in [0.2, 0.25) is 0 Å². The number of fused-ring (bicyclic) bond motifs is 1. The van der Waals surface area contributed by atoms with Crippen molar-refractivity contribution in [1.29, 1.82) is 0 Å². The molecule has 3 aliphatic heterocycles. The van der Waals surface area contributed by atoms with Crippen LogP contribution < -0.4 is 45.3 Å². The van der Waals surface area contributed by atoms with Crippen LogP contribution >= 0.6 is 23.1 Å². The Labute approximate surface area is 204 Å². The van der Waals surface area contributed by atoms with Crippen molar-refractivity contribution in [1.82, 2.24) is 9.88 Å². The van der Waals surface area contributed by atoms with Crippen molar-refractivity contribution in [3.63, 3.8) is 0 Å². The molecule has 1 aromatic heterocycles. The Kier molecular flexibility index (Phi) is 6.90. The number of carbonyl (C=O) groups is 3. The number of carboxylic acid groups (broad SMARTS) is 1. The zero-order valence-corrected chi connectivity index (χ0v) is 20.5. The topological polar surface area (TPSA) is 140 Å². The molecule has 5 atom stereocenters. The summed E-state index contributed by atoms with van der Waals surface area (Å²) in [5, 5.41) is 24.2. The molecular formula is C18H21N4NaO5S2. The van der Waals surface area contributed by atoms with Crippen LogP contribution in [-0.4, -0.2) is 63.3 Å². The third kappa shape index (κ3) is 3.80. The van der Waals surface area contributed by atoms with E-state index in [-0.39, 0.29) is 64.1 Å². The number of aliphatic hydroxyl groups excluding tert-OH is 1. The van der Waals surface area contributed by atoms with E-state index in [1.165, 1.54) is 28.0 Å². The SMILES string of the molecule is CC(O)C1C(=O)N2C(C(=O)[O-])=C(S[C@H]3CCN(c4nc(C(N)=O)cs4)C3)[C@H](C)C12.[Na+]. The van der Waals surface area contributed by atoms with Crippen molar-refractivity contribution in [3.8, 4) is 0 Å². The van der Waals surface area contributed by atoms with Crippen LogP contribution in [0.25, 0.3) is 0 Å². The zero-order valence-electron chi connectivity index (χ0n) is 16.9. The number of anilines is 1. The summed E-state index contributed by atoms with van der Waals surface area (Å²) < 4.78 is 0. The minimum absolute atomic E-state index is 0. The Morgan fingerprint density at radius 2 is 2.17 bits per heavy atom. The molecule has 0 bridgehead atoms. The van der Waals surface area contributed by atoms with Gasteiger partial charge < -0.3 is 30.5 Å². The third-order valence-electron chi connectivity index (χ3n) is 5.76. The van der Waals surface area contributed by atoms with Crippen molar-refractivity contribution in [2.24, 2.45) is 17.6 Å². The van der Waals surface area contributed by atoms with Crippen molar-refractivity contribution < 1.29 is 54.2 Å². The monoisotopic (exact) mass is 460 g/mol. The predicted molar refractivity (Wildman–Crippen MR) is 106 cm³/mol. The molecule has 12 heteroatoms. The van der Waals surface area contributed by atoms with E-state index in [9.17, 15) is 24.6 Å². The molecule has 0 aliphatic carbocycles. The van der Waals surface area contributed by atoms with Gasteiger partial charge >= 0.3 is 29.6 Å². The van der Waals surface area contributed by atoms with Gasteiger partial charge in [0.15, 0.2) is 5.13 Å². The largest absolute Gasteiger partial charge is 1.00 e. The first kappa shape index (κ1) is 23.6. The van der Waals surface area contributed by atoms with Gasteiger partial charge in [0, 0.05) is 34.5 Å². The molecule has 156 valence electrons. The number of primary amides is 1. The number of β-lactam (4-membered cyclic amide) rings is 1. The van der Waals surface area contributed by atoms with E-state index in [4.69, 9.17) is 5.73 Å². The number of hydrogen-bond acceptors (Lipinski definition) is 9. The number of carbonyl (C=O) groups excluding carboxylic acids is 3. The van der Waals surface area contributed by atoms with Crippen LogP contribution in [0.3, 0.4) is 0 Å². The fourth-order valence-corrected chi connectivity index (χ4v) is 6.71. The maximum Gasteiger partial charge on any atom is 1.00 e. The summed E-state index contributed by atoms with van der Waals surface area (Å²) in [6.07, 6.45) is -0.0182. The van der Waals surface area contributed by atoms with Crippen molar-refractivity contribution >= 4 is 46.0 Å². The molecule has 0 aromatic carbocycles. The van der Waals surface area contributed by atoms with Gasteiger partial charge in [-0.2, -0.15) is 0 Å². The van der Waals surface area contributed by atoms with Gasteiger partial charge in [-0.05, 0) is 13.3 Å². The summed E-state index contributed by atoms with van der Waals surface area (Å²) >= 11 is 2.81. The predicted octanol–water partition coefficient (Wildman–Crippen LogP) is -3.62. The van der Waals surface area contributed by atoms with Gasteiger partial charge in [-0.3, -0.25) is 9.59 Å². The first-order chi connectivity index (χ1) is 13.7. The Balaban J connectivity index is 0.00000256. The summed E-state index contributed by atoms with van der Waals surface area (Å²) in [6.45, 7) is 4.82. The van der Waals surface area contributed by atoms with Crippen molar-refractivity contribution in [2.45, 2.75) is 37.7 Å². The molecule has 0 saturated carbocycles. The minimum Gasteiger partial charge on any atom is -0.543 e. The van der Waals surface area contributed by atoms with E-state index in [1.807, 2.05) is 11.8 Å². The van der Waals surface area contributed by atoms with Gasteiger partial charge in [0.1, 0.15) is 5.69 Å². The molecule has 2 amide bonds. The molecule has 4 heterocycles. The van der Waals surface area contributed by atoms with Gasteiger partial charge in [0.05, 0.1) is 29.7 Å². The third-order valence-corrected chi connectivity index (χ3v) is 8.19. The fraction of sp³-hybridized carbons (Fsp3) is 0.556. The number of rotatable bonds is 6. The number of aliphatic hydroxyl groups is 1. The number of amides is 2. The van der Waals surface area contributed by atoms with Gasteiger partial charge in [0.25, 0.3) is 5.91 Å². The molecule has 9 nitrogen and oxygen atoms in total. The van der Waals surface area contributed by atoms with E-state index in [2.05, 4.69) is 4.98 Å². The number of thiazole rings is 1. The number of aromatic nitrogens is 1. The molecule has 3 aliphatic rings. The maximum absolute atomic E-state index is 12.4. The van der Waals surface area contributed by atoms with E-state index in [1.54, 1.807) is 12.3 Å². The van der Waals surface area contributed by atoms with Gasteiger partial charge in [-0.25, -0.2) is 4.98 Å². The van der Waals surface area contributed by atoms with Crippen LogP contribution in [-0.2, 0) is 9.59 Å². The number of carboxylic acids is 1. The van der Waals surface area contributed by atoms with Crippen LogP contribution in [0.4, 0.5) is 5.13 Å². The van der Waals surface area contributed by atoms with E-state index >= 15 is 0 Å². The molecule has 0 spiro atoms. The molecular weight excluding hydrogens is 439 g/mol. The fourth-order valence-electron chi connectivity index (χ4n) is 4.37. The molecule has 1 aromatic rings. The molecule has 0 radical (unpaired) electrons. The Morgan fingerprint density at radius 3 is 2.73 bits per heavy atom. The number of aliphatic carboxylic acids is 1. The van der Waals surface area contributed by atoms with Crippen molar-refractivity contribution in [2.75, 3.05) is 18.0 Å². The number of nitrogens with two attached hydrogens (primary N) is 1. The van der Waals surface area contributed by atoms with E-state index < -0.39 is 23.9 Å². The molecule has 2 fully saturated rings. The number of hydrogen-bond donors (Lipinski definition) is 2. The van der Waals surface area contributed by atoms with Crippen LogP contribution in [0.5, 0.6) is 0 Å². The van der Waals surface area contributed by atoms with Gasteiger partial charge in [0.2, 0.25) is 5.91 Å². The van der Waals surface area contributed by atoms with Crippen molar-refractivity contribution in [3.05, 3.63) is 21.7 Å². The average molecular weight is 461 g/mol. The Morgan fingerprint density at radius 1 is 1.47 bits per heavy atom. The first-order valence-corrected chi connectivity index (χ1v) is 11.1.